The van der Waals surface area contributed by atoms with Gasteiger partial charge in [0, 0.05) is 15.1 Å². The summed E-state index contributed by atoms with van der Waals surface area (Å²) in [5, 5.41) is 0.564. The minimum Gasteiger partial charge on any atom is -0.467 e. The van der Waals surface area contributed by atoms with Gasteiger partial charge in [0.2, 0.25) is 0 Å². The SMILES string of the molecule is COC(=O)C1(C)OC1(C)c1ccc(Br)cc1Cl. The van der Waals surface area contributed by atoms with Crippen LogP contribution < -0.4 is 0 Å². The van der Waals surface area contributed by atoms with E-state index in [4.69, 9.17) is 21.1 Å². The summed E-state index contributed by atoms with van der Waals surface area (Å²) in [5.74, 6) is -0.390. The second-order valence-corrected chi connectivity index (χ2v) is 5.61. The number of esters is 1. The first-order valence-electron chi connectivity index (χ1n) is 5.09. The monoisotopic (exact) mass is 318 g/mol. The van der Waals surface area contributed by atoms with Gasteiger partial charge < -0.3 is 9.47 Å². The summed E-state index contributed by atoms with van der Waals surface area (Å²) in [6, 6.07) is 5.49. The van der Waals surface area contributed by atoms with Crippen LogP contribution >= 0.6 is 27.5 Å². The van der Waals surface area contributed by atoms with E-state index in [1.807, 2.05) is 19.1 Å². The Morgan fingerprint density at radius 3 is 2.65 bits per heavy atom. The quantitative estimate of drug-likeness (QED) is 0.620. The van der Waals surface area contributed by atoms with Crippen molar-refractivity contribution in [2.24, 2.45) is 0 Å². The van der Waals surface area contributed by atoms with Crippen molar-refractivity contribution in [2.45, 2.75) is 25.0 Å². The summed E-state index contributed by atoms with van der Waals surface area (Å²) in [7, 11) is 1.35. The van der Waals surface area contributed by atoms with Crippen molar-refractivity contribution in [3.8, 4) is 0 Å². The van der Waals surface area contributed by atoms with E-state index in [-0.39, 0.29) is 5.97 Å². The van der Waals surface area contributed by atoms with E-state index in [9.17, 15) is 4.79 Å². The third-order valence-electron chi connectivity index (χ3n) is 3.30. The molecule has 2 atom stereocenters. The molecule has 0 saturated carbocycles. The lowest BCUT2D eigenvalue weighted by atomic mass is 9.89. The molecule has 1 aromatic rings. The zero-order chi connectivity index (χ0) is 12.8. The highest BCUT2D eigenvalue weighted by Crippen LogP contribution is 2.57. The van der Waals surface area contributed by atoms with Crippen LogP contribution in [0.2, 0.25) is 5.02 Å². The number of methoxy groups -OCH3 is 1. The first-order chi connectivity index (χ1) is 7.85. The molecule has 0 N–H and O–H groups in total. The van der Waals surface area contributed by atoms with Crippen molar-refractivity contribution >= 4 is 33.5 Å². The smallest absolute Gasteiger partial charge is 0.341 e. The lowest BCUT2D eigenvalue weighted by Gasteiger charge is -2.13. The lowest BCUT2D eigenvalue weighted by molar-refractivity contribution is -0.146. The predicted octanol–water partition coefficient (Wildman–Crippen LogP) is 3.28. The minimum absolute atomic E-state index is 0.390. The molecule has 2 unspecified atom stereocenters. The Balaban J connectivity index is 2.40. The zero-order valence-electron chi connectivity index (χ0n) is 9.71. The number of ether oxygens (including phenoxy) is 2. The fourth-order valence-electron chi connectivity index (χ4n) is 2.00. The maximum absolute atomic E-state index is 11.7. The molecule has 0 aliphatic carbocycles. The second kappa shape index (κ2) is 3.97. The van der Waals surface area contributed by atoms with Crippen molar-refractivity contribution < 1.29 is 14.3 Å². The molecule has 2 rings (SSSR count). The molecule has 1 saturated heterocycles. The third kappa shape index (κ3) is 1.79. The van der Waals surface area contributed by atoms with Gasteiger partial charge in [-0.1, -0.05) is 33.6 Å². The van der Waals surface area contributed by atoms with Gasteiger partial charge >= 0.3 is 5.97 Å². The Bertz CT molecular complexity index is 491. The number of hydrogen-bond acceptors (Lipinski definition) is 3. The lowest BCUT2D eigenvalue weighted by Crippen LogP contribution is -2.29. The molecule has 0 radical (unpaired) electrons. The van der Waals surface area contributed by atoms with E-state index in [1.54, 1.807) is 13.0 Å². The van der Waals surface area contributed by atoms with Gasteiger partial charge in [0.25, 0.3) is 0 Å². The number of carbonyl (C=O) groups is 1. The van der Waals surface area contributed by atoms with E-state index >= 15 is 0 Å². The van der Waals surface area contributed by atoms with Crippen molar-refractivity contribution in [2.75, 3.05) is 7.11 Å². The van der Waals surface area contributed by atoms with Crippen LogP contribution in [0.4, 0.5) is 0 Å². The van der Waals surface area contributed by atoms with Crippen LogP contribution in [-0.4, -0.2) is 18.7 Å². The highest BCUT2D eigenvalue weighted by atomic mass is 79.9. The van der Waals surface area contributed by atoms with Crippen LogP contribution in [0.3, 0.4) is 0 Å². The summed E-state index contributed by atoms with van der Waals surface area (Å²) in [6.07, 6.45) is 0. The molecule has 5 heteroatoms. The van der Waals surface area contributed by atoms with Gasteiger partial charge in [-0.2, -0.15) is 0 Å². The molecular weight excluding hydrogens is 307 g/mol. The van der Waals surface area contributed by atoms with Gasteiger partial charge in [0.05, 0.1) is 7.11 Å². The second-order valence-electron chi connectivity index (χ2n) is 4.28. The average Bonchev–Trinajstić information content (AvgIpc) is 2.82. The minimum atomic E-state index is -0.959. The first kappa shape index (κ1) is 12.9. The Morgan fingerprint density at radius 1 is 1.47 bits per heavy atom. The number of halogens is 2. The van der Waals surface area contributed by atoms with Crippen molar-refractivity contribution in [3.63, 3.8) is 0 Å². The third-order valence-corrected chi connectivity index (χ3v) is 4.10. The number of carbonyl (C=O) groups excluding carboxylic acids is 1. The number of hydrogen-bond donors (Lipinski definition) is 0. The fraction of sp³-hybridized carbons (Fsp3) is 0.417. The first-order valence-corrected chi connectivity index (χ1v) is 6.26. The van der Waals surface area contributed by atoms with Crippen molar-refractivity contribution in [1.29, 1.82) is 0 Å². The maximum atomic E-state index is 11.7. The predicted molar refractivity (Wildman–Crippen MR) is 68.0 cm³/mol. The fourth-order valence-corrected chi connectivity index (χ4v) is 2.86. The topological polar surface area (TPSA) is 38.8 Å². The Morgan fingerprint density at radius 2 is 2.12 bits per heavy atom. The van der Waals surface area contributed by atoms with E-state index in [0.29, 0.717) is 5.02 Å². The van der Waals surface area contributed by atoms with Crippen molar-refractivity contribution in [1.82, 2.24) is 0 Å². The Hall–Kier alpha value is -0.580. The van der Waals surface area contributed by atoms with Gasteiger partial charge in [0.15, 0.2) is 5.60 Å². The van der Waals surface area contributed by atoms with E-state index in [1.165, 1.54) is 7.11 Å². The van der Waals surface area contributed by atoms with Gasteiger partial charge in [-0.15, -0.1) is 0 Å². The van der Waals surface area contributed by atoms with Crippen LogP contribution in [0.25, 0.3) is 0 Å². The molecule has 92 valence electrons. The molecule has 1 aromatic carbocycles. The molecule has 1 fully saturated rings. The summed E-state index contributed by atoms with van der Waals surface area (Å²) in [5.41, 5.74) is -0.896. The summed E-state index contributed by atoms with van der Waals surface area (Å²) in [4.78, 5) is 11.7. The van der Waals surface area contributed by atoms with Crippen LogP contribution in [-0.2, 0) is 19.9 Å². The van der Waals surface area contributed by atoms with Crippen molar-refractivity contribution in [3.05, 3.63) is 33.3 Å². The largest absolute Gasteiger partial charge is 0.467 e. The normalized spacial score (nSPS) is 31.1. The van der Waals surface area contributed by atoms with E-state index in [0.717, 1.165) is 10.0 Å². The molecule has 1 heterocycles. The molecule has 1 aliphatic rings. The molecule has 1 aliphatic heterocycles. The number of benzene rings is 1. The summed E-state index contributed by atoms with van der Waals surface area (Å²) >= 11 is 9.50. The molecule has 0 spiro atoms. The van der Waals surface area contributed by atoms with Gasteiger partial charge in [-0.05, 0) is 26.0 Å². The Labute approximate surface area is 113 Å². The van der Waals surface area contributed by atoms with Crippen LogP contribution in [0.15, 0.2) is 22.7 Å². The highest BCUT2D eigenvalue weighted by Gasteiger charge is 2.71. The highest BCUT2D eigenvalue weighted by molar-refractivity contribution is 9.10. The number of epoxide rings is 1. The Kier molecular flexibility index (Phi) is 3.00. The molecule has 0 bridgehead atoms. The molecule has 3 nitrogen and oxygen atoms in total. The maximum Gasteiger partial charge on any atom is 0.341 e. The molecule has 17 heavy (non-hydrogen) atoms. The molecular formula is C12H12BrClO3. The van der Waals surface area contributed by atoms with E-state index < -0.39 is 11.2 Å². The standard InChI is InChI=1S/C12H12BrClO3/c1-11(12(2,17-11)10(15)16-3)8-5-4-7(13)6-9(8)14/h4-6H,1-3H3. The molecule has 0 aromatic heterocycles. The van der Waals surface area contributed by atoms with Crippen LogP contribution in [0.5, 0.6) is 0 Å². The summed E-state index contributed by atoms with van der Waals surface area (Å²) in [6.45, 7) is 3.54. The van der Waals surface area contributed by atoms with Gasteiger partial charge in [-0.3, -0.25) is 0 Å². The average molecular weight is 320 g/mol. The molecule has 0 amide bonds. The summed E-state index contributed by atoms with van der Waals surface area (Å²) < 4.78 is 11.2. The van der Waals surface area contributed by atoms with Crippen LogP contribution in [0.1, 0.15) is 19.4 Å². The number of rotatable bonds is 2. The van der Waals surface area contributed by atoms with E-state index in [2.05, 4.69) is 15.9 Å². The van der Waals surface area contributed by atoms with Gasteiger partial charge in [0.1, 0.15) is 5.60 Å². The van der Waals surface area contributed by atoms with Crippen LogP contribution in [0, 0.1) is 0 Å². The zero-order valence-corrected chi connectivity index (χ0v) is 12.1. The van der Waals surface area contributed by atoms with Gasteiger partial charge in [-0.25, -0.2) is 4.79 Å².